The molecule has 0 fully saturated rings. The highest BCUT2D eigenvalue weighted by Crippen LogP contribution is 2.15. The fourth-order valence-corrected chi connectivity index (χ4v) is 1.83. The summed E-state index contributed by atoms with van der Waals surface area (Å²) in [5, 5.41) is 6.99. The maximum atomic E-state index is 12.0. The zero-order valence-corrected chi connectivity index (χ0v) is 13.0. The van der Waals surface area contributed by atoms with E-state index in [1.54, 1.807) is 20.3 Å². The van der Waals surface area contributed by atoms with Crippen LogP contribution in [0.5, 0.6) is 0 Å². The Morgan fingerprint density at radius 3 is 2.79 bits per heavy atom. The molecule has 6 nitrogen and oxygen atoms in total. The number of likely N-dealkylation sites (N-methyl/N-ethyl adjacent to an activating group) is 1. The quantitative estimate of drug-likeness (QED) is 0.853. The number of hydrogen-bond acceptors (Lipinski definition) is 4. The van der Waals surface area contributed by atoms with Crippen molar-refractivity contribution in [3.8, 4) is 0 Å². The minimum Gasteiger partial charge on any atom is -0.374 e. The lowest BCUT2D eigenvalue weighted by atomic mass is 10.3. The first-order valence-electron chi connectivity index (χ1n) is 6.17. The first kappa shape index (κ1) is 15.7. The third kappa shape index (κ3) is 4.34. The molecule has 0 saturated carbocycles. The van der Waals surface area contributed by atoms with E-state index in [0.717, 1.165) is 12.8 Å². The van der Waals surface area contributed by atoms with Gasteiger partial charge in [0, 0.05) is 20.6 Å². The predicted octanol–water partition coefficient (Wildman–Crippen LogP) is 1.31. The Kier molecular flexibility index (Phi) is 6.01. The van der Waals surface area contributed by atoms with Gasteiger partial charge in [0.1, 0.15) is 4.47 Å². The van der Waals surface area contributed by atoms with Gasteiger partial charge >= 0.3 is 0 Å². The number of nitrogens with one attached hydrogen (secondary N) is 1. The summed E-state index contributed by atoms with van der Waals surface area (Å²) in [4.78, 5) is 24.9. The van der Waals surface area contributed by atoms with Crippen LogP contribution in [-0.4, -0.2) is 41.2 Å². The number of amides is 1. The second-order valence-corrected chi connectivity index (χ2v) is 5.19. The van der Waals surface area contributed by atoms with Crippen LogP contribution >= 0.6 is 15.9 Å². The summed E-state index contributed by atoms with van der Waals surface area (Å²) in [6.07, 6.45) is 3.47. The first-order chi connectivity index (χ1) is 8.97. The number of unbranched alkanes of at least 4 members (excludes halogenated alkanes) is 1. The molecule has 1 aromatic heterocycles. The van der Waals surface area contributed by atoms with Crippen LogP contribution in [0.4, 0.5) is 5.69 Å². The largest absolute Gasteiger partial charge is 0.374 e. The number of carbonyl (C=O) groups excluding carboxylic acids is 1. The highest BCUT2D eigenvalue weighted by molar-refractivity contribution is 9.10. The lowest BCUT2D eigenvalue weighted by Crippen LogP contribution is -2.30. The average molecular weight is 331 g/mol. The number of rotatable bonds is 6. The molecular formula is C12H19BrN4O2. The Hall–Kier alpha value is -1.37. The summed E-state index contributed by atoms with van der Waals surface area (Å²) < 4.78 is 1.83. The monoisotopic (exact) mass is 330 g/mol. The highest BCUT2D eigenvalue weighted by Gasteiger charge is 2.10. The van der Waals surface area contributed by atoms with Crippen LogP contribution in [0, 0.1) is 0 Å². The molecule has 1 aromatic rings. The third-order valence-electron chi connectivity index (χ3n) is 2.64. The van der Waals surface area contributed by atoms with Gasteiger partial charge in [-0.3, -0.25) is 9.59 Å². The maximum absolute atomic E-state index is 12.0. The van der Waals surface area contributed by atoms with Crippen molar-refractivity contribution in [2.75, 3.05) is 26.0 Å². The van der Waals surface area contributed by atoms with Gasteiger partial charge in [-0.1, -0.05) is 13.3 Å². The molecule has 0 aliphatic carbocycles. The number of halogens is 1. The second-order valence-electron chi connectivity index (χ2n) is 4.40. The average Bonchev–Trinajstić information content (AvgIpc) is 2.38. The van der Waals surface area contributed by atoms with E-state index in [0.29, 0.717) is 16.7 Å². The molecule has 0 atom stereocenters. The fourth-order valence-electron chi connectivity index (χ4n) is 1.38. The third-order valence-corrected chi connectivity index (χ3v) is 3.40. The zero-order chi connectivity index (χ0) is 14.4. The van der Waals surface area contributed by atoms with Gasteiger partial charge in [-0.05, 0) is 22.4 Å². The molecule has 0 unspecified atom stereocenters. The summed E-state index contributed by atoms with van der Waals surface area (Å²) in [5.41, 5.74) is 0.351. The van der Waals surface area contributed by atoms with Crippen LogP contribution in [0.1, 0.15) is 19.8 Å². The highest BCUT2D eigenvalue weighted by atomic mass is 79.9. The van der Waals surface area contributed by atoms with Crippen molar-refractivity contribution < 1.29 is 4.79 Å². The summed E-state index contributed by atoms with van der Waals surface area (Å²) in [7, 11) is 3.36. The Morgan fingerprint density at radius 1 is 1.53 bits per heavy atom. The standard InChI is InChI=1S/C12H19BrN4O2/c1-4-5-6-17-12(19)11(13)9(7-15-17)14-8-10(18)16(2)3/h7,14H,4-6,8H2,1-3H3. The van der Waals surface area contributed by atoms with E-state index in [1.807, 2.05) is 0 Å². The number of aryl methyl sites for hydroxylation is 1. The molecule has 0 bridgehead atoms. The van der Waals surface area contributed by atoms with Crippen molar-refractivity contribution in [3.63, 3.8) is 0 Å². The molecule has 7 heteroatoms. The molecule has 0 aliphatic heterocycles. The first-order valence-corrected chi connectivity index (χ1v) is 6.96. The Bertz CT molecular complexity index is 499. The summed E-state index contributed by atoms with van der Waals surface area (Å²) in [6, 6.07) is 0. The van der Waals surface area contributed by atoms with Crippen LogP contribution in [-0.2, 0) is 11.3 Å². The van der Waals surface area contributed by atoms with Gasteiger partial charge < -0.3 is 10.2 Å². The molecule has 1 N–H and O–H groups in total. The number of aromatic nitrogens is 2. The van der Waals surface area contributed by atoms with Crippen LogP contribution in [0.2, 0.25) is 0 Å². The van der Waals surface area contributed by atoms with Crippen molar-refractivity contribution in [3.05, 3.63) is 21.0 Å². The molecule has 19 heavy (non-hydrogen) atoms. The van der Waals surface area contributed by atoms with Gasteiger partial charge in [0.05, 0.1) is 18.4 Å². The Balaban J connectivity index is 2.79. The van der Waals surface area contributed by atoms with E-state index in [9.17, 15) is 9.59 Å². The van der Waals surface area contributed by atoms with E-state index < -0.39 is 0 Å². The van der Waals surface area contributed by atoms with Gasteiger partial charge in [0.25, 0.3) is 5.56 Å². The summed E-state index contributed by atoms with van der Waals surface area (Å²) in [6.45, 7) is 2.79. The van der Waals surface area contributed by atoms with Crippen LogP contribution < -0.4 is 10.9 Å². The van der Waals surface area contributed by atoms with Crippen molar-refractivity contribution in [1.82, 2.24) is 14.7 Å². The van der Waals surface area contributed by atoms with Gasteiger partial charge in [0.2, 0.25) is 5.91 Å². The van der Waals surface area contributed by atoms with Crippen molar-refractivity contribution in [2.24, 2.45) is 0 Å². The molecule has 0 aliphatic rings. The zero-order valence-electron chi connectivity index (χ0n) is 11.4. The normalized spacial score (nSPS) is 10.3. The number of nitrogens with zero attached hydrogens (tertiary/aromatic N) is 3. The smallest absolute Gasteiger partial charge is 0.283 e. The van der Waals surface area contributed by atoms with E-state index in [1.165, 1.54) is 9.58 Å². The number of hydrogen-bond donors (Lipinski definition) is 1. The summed E-state index contributed by atoms with van der Waals surface area (Å²) >= 11 is 3.25. The molecule has 0 spiro atoms. The molecule has 106 valence electrons. The van der Waals surface area contributed by atoms with Crippen molar-refractivity contribution in [2.45, 2.75) is 26.3 Å². The lowest BCUT2D eigenvalue weighted by molar-refractivity contribution is -0.126. The van der Waals surface area contributed by atoms with E-state index in [4.69, 9.17) is 0 Å². The van der Waals surface area contributed by atoms with Gasteiger partial charge in [-0.15, -0.1) is 0 Å². The van der Waals surface area contributed by atoms with E-state index >= 15 is 0 Å². The topological polar surface area (TPSA) is 67.2 Å². The van der Waals surface area contributed by atoms with Gasteiger partial charge in [0.15, 0.2) is 0 Å². The van der Waals surface area contributed by atoms with Gasteiger partial charge in [-0.2, -0.15) is 5.10 Å². The van der Waals surface area contributed by atoms with E-state index in [2.05, 4.69) is 33.3 Å². The number of anilines is 1. The predicted molar refractivity (Wildman–Crippen MR) is 78.3 cm³/mol. The minimum absolute atomic E-state index is 0.0675. The maximum Gasteiger partial charge on any atom is 0.283 e. The molecule has 1 rings (SSSR count). The minimum atomic E-state index is -0.184. The molecule has 0 aromatic carbocycles. The van der Waals surface area contributed by atoms with Crippen LogP contribution in [0.25, 0.3) is 0 Å². The lowest BCUT2D eigenvalue weighted by Gasteiger charge is -2.13. The van der Waals surface area contributed by atoms with Crippen LogP contribution in [0.15, 0.2) is 15.5 Å². The Labute approximate surface area is 120 Å². The second kappa shape index (κ2) is 7.28. The van der Waals surface area contributed by atoms with Gasteiger partial charge in [-0.25, -0.2) is 4.68 Å². The molecule has 1 heterocycles. The fraction of sp³-hybridized carbons (Fsp3) is 0.583. The summed E-state index contributed by atoms with van der Waals surface area (Å²) in [5.74, 6) is -0.0675. The molecule has 1 amide bonds. The Morgan fingerprint density at radius 2 is 2.21 bits per heavy atom. The van der Waals surface area contributed by atoms with Crippen molar-refractivity contribution >= 4 is 27.5 Å². The van der Waals surface area contributed by atoms with E-state index in [-0.39, 0.29) is 18.0 Å². The molecular weight excluding hydrogens is 312 g/mol. The SMILES string of the molecule is CCCCn1ncc(NCC(=O)N(C)C)c(Br)c1=O. The molecule has 0 radical (unpaired) electrons. The van der Waals surface area contributed by atoms with Crippen molar-refractivity contribution in [1.29, 1.82) is 0 Å². The van der Waals surface area contributed by atoms with Crippen LogP contribution in [0.3, 0.4) is 0 Å². The molecule has 0 saturated heterocycles. The number of carbonyl (C=O) groups is 1.